The van der Waals surface area contributed by atoms with E-state index in [-0.39, 0.29) is 12.5 Å². The number of hydrogen-bond acceptors (Lipinski definition) is 3. The average Bonchev–Trinajstić information content (AvgIpc) is 2.74. The Morgan fingerprint density at radius 1 is 1.45 bits per heavy atom. The summed E-state index contributed by atoms with van der Waals surface area (Å²) >= 11 is 18.9. The summed E-state index contributed by atoms with van der Waals surface area (Å²) in [7, 11) is 0. The Balaban J connectivity index is 2.06. The predicted octanol–water partition coefficient (Wildman–Crippen LogP) is 2.57. The summed E-state index contributed by atoms with van der Waals surface area (Å²) in [5, 5.41) is 13.0. The molecular formula is C13H11Cl3N2O2. The van der Waals surface area contributed by atoms with Crippen molar-refractivity contribution in [2.24, 2.45) is 0 Å². The third-order valence-corrected chi connectivity index (χ3v) is 4.95. The van der Waals surface area contributed by atoms with Crippen LogP contribution in [0.3, 0.4) is 0 Å². The van der Waals surface area contributed by atoms with E-state index >= 15 is 0 Å². The first-order valence-corrected chi connectivity index (χ1v) is 7.14. The molecule has 0 bridgehead atoms. The van der Waals surface area contributed by atoms with Crippen molar-refractivity contribution in [1.29, 1.82) is 0 Å². The van der Waals surface area contributed by atoms with Crippen molar-refractivity contribution in [1.82, 2.24) is 4.90 Å². The van der Waals surface area contributed by atoms with Gasteiger partial charge in [-0.1, -0.05) is 29.3 Å². The summed E-state index contributed by atoms with van der Waals surface area (Å²) in [5.41, 5.74) is 2.26. The van der Waals surface area contributed by atoms with Gasteiger partial charge in [0.2, 0.25) is 5.91 Å². The lowest BCUT2D eigenvalue weighted by Gasteiger charge is -2.35. The van der Waals surface area contributed by atoms with Crippen molar-refractivity contribution in [3.8, 4) is 0 Å². The van der Waals surface area contributed by atoms with Crippen LogP contribution in [-0.4, -0.2) is 35.6 Å². The highest BCUT2D eigenvalue weighted by Crippen LogP contribution is 2.52. The monoisotopic (exact) mass is 332 g/mol. The minimum absolute atomic E-state index is 0.276. The molecule has 1 aromatic carbocycles. The Labute approximate surface area is 130 Å². The van der Waals surface area contributed by atoms with Gasteiger partial charge in [0, 0.05) is 17.8 Å². The van der Waals surface area contributed by atoms with E-state index in [2.05, 4.69) is 5.32 Å². The maximum Gasteiger partial charge on any atom is 0.248 e. The van der Waals surface area contributed by atoms with Crippen LogP contribution in [0.25, 0.3) is 0 Å². The minimum atomic E-state index is -0.868. The lowest BCUT2D eigenvalue weighted by atomic mass is 9.94. The van der Waals surface area contributed by atoms with Crippen LogP contribution in [0.4, 0.5) is 5.69 Å². The van der Waals surface area contributed by atoms with E-state index in [0.29, 0.717) is 22.3 Å². The minimum Gasteiger partial charge on any atom is -0.387 e. The number of halogens is 3. The number of fused-ring (bicyclic) bond motifs is 3. The van der Waals surface area contributed by atoms with E-state index in [0.717, 1.165) is 11.3 Å². The topological polar surface area (TPSA) is 52.6 Å². The van der Waals surface area contributed by atoms with Gasteiger partial charge in [-0.15, -0.1) is 11.6 Å². The van der Waals surface area contributed by atoms with E-state index < -0.39 is 11.5 Å². The zero-order valence-electron chi connectivity index (χ0n) is 10.3. The van der Waals surface area contributed by atoms with Crippen molar-refractivity contribution >= 4 is 46.4 Å². The van der Waals surface area contributed by atoms with Gasteiger partial charge in [0.15, 0.2) is 0 Å². The molecule has 2 heterocycles. The molecule has 0 saturated carbocycles. The SMILES string of the molecule is O=C(CO)N1CC=C2Nc3c(ccc(Cl)c3Cl)C2(Cl)C1. The van der Waals surface area contributed by atoms with Gasteiger partial charge in [0.25, 0.3) is 0 Å². The first-order valence-electron chi connectivity index (χ1n) is 6.01. The van der Waals surface area contributed by atoms with E-state index in [4.69, 9.17) is 39.9 Å². The zero-order valence-corrected chi connectivity index (χ0v) is 12.6. The van der Waals surface area contributed by atoms with E-state index in [1.807, 2.05) is 6.08 Å². The molecule has 0 aliphatic carbocycles. The van der Waals surface area contributed by atoms with Crippen LogP contribution >= 0.6 is 34.8 Å². The van der Waals surface area contributed by atoms with Crippen LogP contribution in [0.1, 0.15) is 5.56 Å². The van der Waals surface area contributed by atoms with Gasteiger partial charge in [-0.05, 0) is 12.1 Å². The van der Waals surface area contributed by atoms with Gasteiger partial charge in [-0.2, -0.15) is 0 Å². The number of rotatable bonds is 1. The van der Waals surface area contributed by atoms with Gasteiger partial charge in [0.1, 0.15) is 11.5 Å². The highest BCUT2D eigenvalue weighted by Gasteiger charge is 2.46. The molecule has 2 aliphatic rings. The maximum absolute atomic E-state index is 11.7. The van der Waals surface area contributed by atoms with Crippen LogP contribution < -0.4 is 5.32 Å². The largest absolute Gasteiger partial charge is 0.387 e. The predicted molar refractivity (Wildman–Crippen MR) is 79.4 cm³/mol. The van der Waals surface area contributed by atoms with Crippen molar-refractivity contribution in [3.05, 3.63) is 39.5 Å². The number of nitrogens with one attached hydrogen (secondary N) is 1. The maximum atomic E-state index is 11.7. The van der Waals surface area contributed by atoms with Crippen LogP contribution in [0, 0.1) is 0 Å². The molecular weight excluding hydrogens is 323 g/mol. The van der Waals surface area contributed by atoms with Crippen molar-refractivity contribution in [2.75, 3.05) is 25.0 Å². The number of anilines is 1. The summed E-state index contributed by atoms with van der Waals surface area (Å²) in [4.78, 5) is 12.3. The molecule has 1 unspecified atom stereocenters. The van der Waals surface area contributed by atoms with E-state index in [1.54, 1.807) is 12.1 Å². The number of alkyl halides is 1. The van der Waals surface area contributed by atoms with Gasteiger partial charge >= 0.3 is 0 Å². The first-order chi connectivity index (χ1) is 9.47. The normalized spacial score (nSPS) is 23.8. The van der Waals surface area contributed by atoms with Gasteiger partial charge < -0.3 is 15.3 Å². The second-order valence-electron chi connectivity index (χ2n) is 4.76. The number of aliphatic hydroxyl groups is 1. The standard InChI is InChI=1S/C13H11Cl3N2O2/c14-8-2-1-7-12(11(8)15)17-9-3-4-18(10(20)5-19)6-13(7,9)16/h1-3,17,19H,4-6H2. The van der Waals surface area contributed by atoms with E-state index in [1.165, 1.54) is 4.90 Å². The first kappa shape index (κ1) is 14.0. The number of carbonyl (C=O) groups is 1. The Morgan fingerprint density at radius 2 is 2.20 bits per heavy atom. The lowest BCUT2D eigenvalue weighted by Crippen LogP contribution is -2.45. The third-order valence-electron chi connectivity index (χ3n) is 3.62. The van der Waals surface area contributed by atoms with Crippen molar-refractivity contribution in [3.63, 3.8) is 0 Å². The van der Waals surface area contributed by atoms with Crippen molar-refractivity contribution in [2.45, 2.75) is 4.87 Å². The summed E-state index contributed by atoms with van der Waals surface area (Å²) in [6.07, 6.45) is 1.83. The smallest absolute Gasteiger partial charge is 0.248 e. The molecule has 4 nitrogen and oxygen atoms in total. The fourth-order valence-electron chi connectivity index (χ4n) is 2.58. The third kappa shape index (κ3) is 1.91. The Kier molecular flexibility index (Phi) is 3.37. The lowest BCUT2D eigenvalue weighted by molar-refractivity contribution is -0.134. The quantitative estimate of drug-likeness (QED) is 0.777. The number of nitrogens with zero attached hydrogens (tertiary/aromatic N) is 1. The molecule has 1 aromatic rings. The fraction of sp³-hybridized carbons (Fsp3) is 0.308. The molecule has 1 atom stereocenters. The van der Waals surface area contributed by atoms with Crippen LogP contribution in [-0.2, 0) is 9.67 Å². The molecule has 3 rings (SSSR count). The zero-order chi connectivity index (χ0) is 14.5. The average molecular weight is 334 g/mol. The number of benzene rings is 1. The molecule has 7 heteroatoms. The highest BCUT2D eigenvalue weighted by atomic mass is 35.5. The second kappa shape index (κ2) is 4.81. The second-order valence-corrected chi connectivity index (χ2v) is 6.19. The van der Waals surface area contributed by atoms with Gasteiger partial charge in [-0.3, -0.25) is 4.79 Å². The number of carbonyl (C=O) groups excluding carboxylic acids is 1. The Bertz CT molecular complexity index is 632. The summed E-state index contributed by atoms with van der Waals surface area (Å²) < 4.78 is 0. The van der Waals surface area contributed by atoms with Crippen LogP contribution in [0.5, 0.6) is 0 Å². The molecule has 2 N–H and O–H groups in total. The molecule has 0 fully saturated rings. The molecule has 1 amide bonds. The van der Waals surface area contributed by atoms with Crippen LogP contribution in [0.2, 0.25) is 10.0 Å². The Hall–Kier alpha value is -0.940. The van der Waals surface area contributed by atoms with Gasteiger partial charge in [-0.25, -0.2) is 0 Å². The van der Waals surface area contributed by atoms with Gasteiger partial charge in [0.05, 0.1) is 22.3 Å². The van der Waals surface area contributed by atoms with E-state index in [9.17, 15) is 4.79 Å². The summed E-state index contributed by atoms with van der Waals surface area (Å²) in [5.74, 6) is -0.353. The summed E-state index contributed by atoms with van der Waals surface area (Å²) in [6.45, 7) is 0.144. The Morgan fingerprint density at radius 3 is 2.90 bits per heavy atom. The molecule has 0 saturated heterocycles. The molecule has 2 aliphatic heterocycles. The fourth-order valence-corrected chi connectivity index (χ4v) is 3.38. The molecule has 0 spiro atoms. The van der Waals surface area contributed by atoms with Crippen molar-refractivity contribution < 1.29 is 9.90 Å². The number of aliphatic hydroxyl groups excluding tert-OH is 1. The highest BCUT2D eigenvalue weighted by molar-refractivity contribution is 6.44. The molecule has 20 heavy (non-hydrogen) atoms. The molecule has 106 valence electrons. The number of amides is 1. The summed E-state index contributed by atoms with van der Waals surface area (Å²) in [6, 6.07) is 3.49. The molecule has 0 aromatic heterocycles. The van der Waals surface area contributed by atoms with Crippen LogP contribution in [0.15, 0.2) is 23.9 Å². The molecule has 0 radical (unpaired) electrons. The number of hydrogen-bond donors (Lipinski definition) is 2.